The highest BCUT2D eigenvalue weighted by Gasteiger charge is 2.25. The molecule has 1 N–H and O–H groups in total. The summed E-state index contributed by atoms with van der Waals surface area (Å²) in [5.41, 5.74) is 0.879. The van der Waals surface area contributed by atoms with E-state index in [1.54, 1.807) is 6.07 Å². The zero-order valence-corrected chi connectivity index (χ0v) is 13.6. The first-order chi connectivity index (χ1) is 8.28. The van der Waals surface area contributed by atoms with Crippen LogP contribution in [0.4, 0.5) is 0 Å². The number of likely N-dealkylation sites (N-methyl/N-ethyl adjacent to an activating group) is 1. The Kier molecular flexibility index (Phi) is 5.75. The molecule has 1 unspecified atom stereocenters. The number of hydrogen-bond donors (Lipinski definition) is 1. The smallest absolute Gasteiger partial charge is 0.252 e. The van der Waals surface area contributed by atoms with Gasteiger partial charge in [0.2, 0.25) is 0 Å². The number of methoxy groups -OCH3 is 1. The zero-order valence-electron chi connectivity index (χ0n) is 10.4. The maximum Gasteiger partial charge on any atom is 0.252 e. The van der Waals surface area contributed by atoms with Crippen molar-refractivity contribution in [3.63, 3.8) is 0 Å². The topological polar surface area (TPSA) is 66.8 Å². The van der Waals surface area contributed by atoms with Gasteiger partial charge in [-0.2, -0.15) is 4.31 Å². The number of hydrogen-bond acceptors (Lipinski definition) is 5. The van der Waals surface area contributed by atoms with E-state index in [9.17, 15) is 13.5 Å². The second kappa shape index (κ2) is 6.44. The molecule has 0 aliphatic carbocycles. The average molecular weight is 358 g/mol. The molecule has 0 saturated carbocycles. The van der Waals surface area contributed by atoms with Crippen molar-refractivity contribution in [2.45, 2.75) is 17.2 Å². The molecule has 18 heavy (non-hydrogen) atoms. The summed E-state index contributed by atoms with van der Waals surface area (Å²) in [6.07, 6.45) is -0.834. The normalized spacial score (nSPS) is 14.1. The number of thiophene rings is 1. The molecule has 5 nitrogen and oxygen atoms in total. The number of aryl methyl sites for hydroxylation is 1. The van der Waals surface area contributed by atoms with Gasteiger partial charge in [0.25, 0.3) is 10.0 Å². The molecule has 0 aliphatic heterocycles. The Bertz CT molecular complexity index is 480. The number of ether oxygens (including phenoxy) is 1. The summed E-state index contributed by atoms with van der Waals surface area (Å²) in [7, 11) is -0.650. The number of aliphatic hydroxyl groups excluding tert-OH is 1. The number of sulfonamides is 1. The van der Waals surface area contributed by atoms with Crippen molar-refractivity contribution in [3.8, 4) is 0 Å². The molecule has 0 fully saturated rings. The molecule has 1 aromatic rings. The van der Waals surface area contributed by atoms with E-state index in [0.29, 0.717) is 0 Å². The first-order valence-electron chi connectivity index (χ1n) is 5.18. The van der Waals surface area contributed by atoms with Crippen LogP contribution in [0.15, 0.2) is 14.1 Å². The summed E-state index contributed by atoms with van der Waals surface area (Å²) in [5.74, 6) is 0. The number of rotatable bonds is 6. The lowest BCUT2D eigenvalue weighted by atomic mass is 10.4. The highest BCUT2D eigenvalue weighted by atomic mass is 79.9. The van der Waals surface area contributed by atoms with Crippen molar-refractivity contribution >= 4 is 37.3 Å². The number of nitrogens with zero attached hydrogens (tertiary/aromatic N) is 1. The molecule has 0 saturated heterocycles. The van der Waals surface area contributed by atoms with E-state index in [0.717, 1.165) is 25.0 Å². The fraction of sp³-hybridized carbons (Fsp3) is 0.600. The molecule has 8 heteroatoms. The van der Waals surface area contributed by atoms with Crippen LogP contribution in [-0.2, 0) is 14.8 Å². The van der Waals surface area contributed by atoms with Crippen molar-refractivity contribution in [1.82, 2.24) is 4.31 Å². The van der Waals surface area contributed by atoms with Gasteiger partial charge in [-0.15, -0.1) is 11.3 Å². The van der Waals surface area contributed by atoms with Gasteiger partial charge in [0.1, 0.15) is 4.21 Å². The van der Waals surface area contributed by atoms with Gasteiger partial charge in [-0.25, -0.2) is 8.42 Å². The number of aliphatic hydroxyl groups is 1. The molecular formula is C10H16BrNO4S2. The molecule has 1 heterocycles. The maximum absolute atomic E-state index is 12.2. The maximum atomic E-state index is 12.2. The van der Waals surface area contributed by atoms with Gasteiger partial charge in [0.15, 0.2) is 0 Å². The Balaban J connectivity index is 2.86. The molecule has 1 aromatic heterocycles. The molecule has 1 atom stereocenters. The molecule has 0 bridgehead atoms. The van der Waals surface area contributed by atoms with Crippen molar-refractivity contribution in [3.05, 3.63) is 15.4 Å². The van der Waals surface area contributed by atoms with Crippen molar-refractivity contribution in [2.75, 3.05) is 27.3 Å². The van der Waals surface area contributed by atoms with Gasteiger partial charge >= 0.3 is 0 Å². The van der Waals surface area contributed by atoms with Gasteiger partial charge < -0.3 is 9.84 Å². The van der Waals surface area contributed by atoms with Crippen molar-refractivity contribution in [2.24, 2.45) is 0 Å². The first-order valence-corrected chi connectivity index (χ1v) is 8.23. The van der Waals surface area contributed by atoms with Crippen LogP contribution in [-0.4, -0.2) is 51.2 Å². The van der Waals surface area contributed by atoms with Gasteiger partial charge in [0.05, 0.1) is 16.5 Å². The molecule has 1 rings (SSSR count). The fourth-order valence-corrected chi connectivity index (χ4v) is 5.00. The summed E-state index contributed by atoms with van der Waals surface area (Å²) in [6.45, 7) is 1.94. The molecule has 0 spiro atoms. The van der Waals surface area contributed by atoms with Crippen LogP contribution in [0.1, 0.15) is 5.56 Å². The first kappa shape index (κ1) is 16.1. The van der Waals surface area contributed by atoms with Crippen LogP contribution in [0.2, 0.25) is 0 Å². The van der Waals surface area contributed by atoms with Crippen LogP contribution in [0.25, 0.3) is 0 Å². The average Bonchev–Trinajstić information content (AvgIpc) is 2.60. The van der Waals surface area contributed by atoms with Gasteiger partial charge in [-0.05, 0) is 34.5 Å². The van der Waals surface area contributed by atoms with Crippen molar-refractivity contribution in [1.29, 1.82) is 0 Å². The highest BCUT2D eigenvalue weighted by molar-refractivity contribution is 9.11. The molecule has 0 radical (unpaired) electrons. The summed E-state index contributed by atoms with van der Waals surface area (Å²) in [4.78, 5) is 0. The SMILES string of the molecule is COCC(O)CN(C)S(=O)(=O)c1cc(C)c(Br)s1. The Labute approximate surface area is 120 Å². The summed E-state index contributed by atoms with van der Waals surface area (Å²) >= 11 is 4.46. The van der Waals surface area contributed by atoms with E-state index in [1.165, 1.54) is 14.2 Å². The quantitative estimate of drug-likeness (QED) is 0.836. The second-order valence-electron chi connectivity index (χ2n) is 3.92. The van der Waals surface area contributed by atoms with E-state index < -0.39 is 16.1 Å². The third kappa shape index (κ3) is 3.75. The minimum Gasteiger partial charge on any atom is -0.389 e. The Hall–Kier alpha value is 0.01000. The second-order valence-corrected chi connectivity index (χ2v) is 8.56. The van der Waals surface area contributed by atoms with Gasteiger partial charge in [-0.3, -0.25) is 0 Å². The third-order valence-corrected chi connectivity index (χ3v) is 6.74. The van der Waals surface area contributed by atoms with Crippen LogP contribution >= 0.6 is 27.3 Å². The minimum atomic E-state index is -3.55. The third-order valence-electron chi connectivity index (χ3n) is 2.33. The Morgan fingerprint density at radius 3 is 2.67 bits per heavy atom. The fourth-order valence-electron chi connectivity index (χ4n) is 1.35. The summed E-state index contributed by atoms with van der Waals surface area (Å²) < 4.78 is 31.4. The predicted molar refractivity (Wildman–Crippen MR) is 74.5 cm³/mol. The van der Waals surface area contributed by atoms with Crippen LogP contribution in [0, 0.1) is 6.92 Å². The van der Waals surface area contributed by atoms with Crippen molar-refractivity contribution < 1.29 is 18.3 Å². The predicted octanol–water partition coefficient (Wildman–Crippen LogP) is 1.45. The van der Waals surface area contributed by atoms with E-state index in [4.69, 9.17) is 4.74 Å². The van der Waals surface area contributed by atoms with E-state index in [-0.39, 0.29) is 17.4 Å². The van der Waals surface area contributed by atoms with Gasteiger partial charge in [-0.1, -0.05) is 0 Å². The van der Waals surface area contributed by atoms with Crippen LogP contribution in [0.3, 0.4) is 0 Å². The summed E-state index contributed by atoms with van der Waals surface area (Å²) in [5, 5.41) is 9.55. The standard InChI is InChI=1S/C10H16BrNO4S2/c1-7-4-9(17-10(7)11)18(14,15)12(2)5-8(13)6-16-3/h4,8,13H,5-6H2,1-3H3. The van der Waals surface area contributed by atoms with E-state index >= 15 is 0 Å². The Morgan fingerprint density at radius 2 is 2.22 bits per heavy atom. The van der Waals surface area contributed by atoms with Crippen LogP contribution in [0.5, 0.6) is 0 Å². The number of halogens is 1. The lowest BCUT2D eigenvalue weighted by Gasteiger charge is -2.19. The summed E-state index contributed by atoms with van der Waals surface area (Å²) in [6, 6.07) is 1.61. The van der Waals surface area contributed by atoms with E-state index in [2.05, 4.69) is 15.9 Å². The molecule has 0 aromatic carbocycles. The molecule has 0 aliphatic rings. The molecular weight excluding hydrogens is 342 g/mol. The molecule has 0 amide bonds. The Morgan fingerprint density at radius 1 is 1.61 bits per heavy atom. The zero-order chi connectivity index (χ0) is 13.9. The lowest BCUT2D eigenvalue weighted by molar-refractivity contribution is 0.0554. The largest absolute Gasteiger partial charge is 0.389 e. The molecule has 104 valence electrons. The minimum absolute atomic E-state index is 0.00470. The van der Waals surface area contributed by atoms with Crippen LogP contribution < -0.4 is 0 Å². The van der Waals surface area contributed by atoms with E-state index in [1.807, 2.05) is 6.92 Å². The monoisotopic (exact) mass is 357 g/mol. The lowest BCUT2D eigenvalue weighted by Crippen LogP contribution is -2.35. The van der Waals surface area contributed by atoms with Gasteiger partial charge in [0, 0.05) is 20.7 Å². The highest BCUT2D eigenvalue weighted by Crippen LogP contribution is 2.31.